The Morgan fingerprint density at radius 2 is 1.77 bits per heavy atom. The van der Waals surface area contributed by atoms with Gasteiger partial charge in [0.15, 0.2) is 0 Å². The van der Waals surface area contributed by atoms with Crippen molar-refractivity contribution in [3.63, 3.8) is 0 Å². The molecule has 0 aliphatic carbocycles. The number of benzene rings is 2. The second-order valence-corrected chi connectivity index (χ2v) is 6.87. The van der Waals surface area contributed by atoms with Crippen LogP contribution in [0.15, 0.2) is 46.4 Å². The number of alkyl halides is 4. The molecule has 0 amide bonds. The van der Waals surface area contributed by atoms with Crippen LogP contribution in [0.5, 0.6) is 11.5 Å². The second kappa shape index (κ2) is 9.36. The molecule has 15 heteroatoms. The molecule has 0 bridgehead atoms. The Hall–Kier alpha value is -3.46. The number of nitrogens with zero attached hydrogens (tertiary/aromatic N) is 2. The number of hydrazone groups is 1. The highest BCUT2D eigenvalue weighted by atomic mass is 32.2. The minimum absolute atomic E-state index is 0.103. The average Bonchev–Trinajstić information content (AvgIpc) is 2.61. The number of ether oxygens (including phenoxy) is 2. The van der Waals surface area contributed by atoms with Gasteiger partial charge in [0, 0.05) is 17.7 Å². The monoisotopic (exact) mass is 452 g/mol. The summed E-state index contributed by atoms with van der Waals surface area (Å²) in [6, 6.07) is 5.61. The molecule has 2 rings (SSSR count). The van der Waals surface area contributed by atoms with Crippen molar-refractivity contribution >= 4 is 27.6 Å². The number of anilines is 1. The molecule has 0 saturated heterocycles. The Balaban J connectivity index is 2.31. The van der Waals surface area contributed by atoms with Crippen molar-refractivity contribution in [1.29, 1.82) is 0 Å². The molecular weight excluding hydrogens is 440 g/mol. The smallest absolute Gasteiger partial charge is 0.387 e. The van der Waals surface area contributed by atoms with E-state index in [1.807, 2.05) is 0 Å². The van der Waals surface area contributed by atoms with Crippen LogP contribution in [0.1, 0.15) is 5.56 Å². The summed E-state index contributed by atoms with van der Waals surface area (Å²) in [4.78, 5) is 9.73. The number of primary sulfonamides is 1. The summed E-state index contributed by atoms with van der Waals surface area (Å²) in [6.45, 7) is -6.47. The number of hydrogen-bond acceptors (Lipinski definition) is 8. The molecule has 0 spiro atoms. The van der Waals surface area contributed by atoms with E-state index in [9.17, 15) is 36.1 Å². The lowest BCUT2D eigenvalue weighted by Crippen LogP contribution is -2.12. The minimum atomic E-state index is -4.19. The van der Waals surface area contributed by atoms with E-state index in [2.05, 4.69) is 20.0 Å². The molecule has 0 saturated carbocycles. The first kappa shape index (κ1) is 22.8. The number of nitro groups is 1. The first-order valence-corrected chi connectivity index (χ1v) is 9.16. The van der Waals surface area contributed by atoms with Crippen LogP contribution in [0.2, 0.25) is 0 Å². The van der Waals surface area contributed by atoms with Crippen LogP contribution in [-0.2, 0) is 10.0 Å². The molecular formula is C15H12F4N4O6S. The van der Waals surface area contributed by atoms with Gasteiger partial charge in [0.2, 0.25) is 10.0 Å². The van der Waals surface area contributed by atoms with Crippen LogP contribution in [0.25, 0.3) is 0 Å². The molecule has 0 atom stereocenters. The molecule has 0 aliphatic heterocycles. The average molecular weight is 452 g/mol. The number of rotatable bonds is 9. The third-order valence-electron chi connectivity index (χ3n) is 3.31. The summed E-state index contributed by atoms with van der Waals surface area (Å²) in [5.41, 5.74) is 1.23. The third kappa shape index (κ3) is 6.28. The molecule has 2 aromatic rings. The molecule has 0 fully saturated rings. The van der Waals surface area contributed by atoms with Crippen molar-refractivity contribution < 1.29 is 40.4 Å². The Morgan fingerprint density at radius 3 is 2.33 bits per heavy atom. The van der Waals surface area contributed by atoms with E-state index in [0.29, 0.717) is 6.07 Å². The zero-order valence-electron chi connectivity index (χ0n) is 14.5. The summed E-state index contributed by atoms with van der Waals surface area (Å²) < 4.78 is 80.6. The van der Waals surface area contributed by atoms with Crippen LogP contribution in [0.3, 0.4) is 0 Å². The van der Waals surface area contributed by atoms with Gasteiger partial charge in [-0.15, -0.1) is 0 Å². The van der Waals surface area contributed by atoms with Gasteiger partial charge in [0.25, 0.3) is 5.69 Å². The van der Waals surface area contributed by atoms with Gasteiger partial charge in [-0.25, -0.2) is 13.6 Å². The molecule has 0 heterocycles. The molecule has 3 N–H and O–H groups in total. The maximum Gasteiger partial charge on any atom is 0.387 e. The van der Waals surface area contributed by atoms with E-state index in [4.69, 9.17) is 5.14 Å². The van der Waals surface area contributed by atoms with Gasteiger partial charge < -0.3 is 9.47 Å². The van der Waals surface area contributed by atoms with E-state index in [-0.39, 0.29) is 11.3 Å². The summed E-state index contributed by atoms with van der Waals surface area (Å²) in [6.07, 6.45) is 0.918. The van der Waals surface area contributed by atoms with E-state index in [1.165, 1.54) is 0 Å². The number of nitro benzene ring substituents is 1. The Labute approximate surface area is 166 Å². The highest BCUT2D eigenvalue weighted by Gasteiger charge is 2.19. The lowest BCUT2D eigenvalue weighted by Gasteiger charge is -2.11. The van der Waals surface area contributed by atoms with E-state index in [1.54, 1.807) is 0 Å². The van der Waals surface area contributed by atoms with Gasteiger partial charge in [0.05, 0.1) is 16.0 Å². The lowest BCUT2D eigenvalue weighted by molar-refractivity contribution is -0.384. The Bertz CT molecular complexity index is 1070. The van der Waals surface area contributed by atoms with Crippen LogP contribution < -0.4 is 20.0 Å². The quantitative estimate of drug-likeness (QED) is 0.257. The summed E-state index contributed by atoms with van der Waals surface area (Å²) in [5.74, 6) is -0.993. The largest absolute Gasteiger partial charge is 0.435 e. The predicted molar refractivity (Wildman–Crippen MR) is 95.4 cm³/mol. The maximum atomic E-state index is 12.6. The molecule has 2 aromatic carbocycles. The van der Waals surface area contributed by atoms with Crippen LogP contribution in [0, 0.1) is 10.1 Å². The number of nitrogens with two attached hydrogens (primary N) is 1. The van der Waals surface area contributed by atoms with Crippen molar-refractivity contribution in [2.45, 2.75) is 18.1 Å². The molecule has 0 radical (unpaired) electrons. The van der Waals surface area contributed by atoms with Crippen molar-refractivity contribution in [3.05, 3.63) is 52.1 Å². The number of hydrogen-bond donors (Lipinski definition) is 2. The first-order chi connectivity index (χ1) is 14.0. The molecule has 0 aliphatic rings. The maximum absolute atomic E-state index is 12.6. The number of sulfonamides is 1. The molecule has 162 valence electrons. The SMILES string of the molecule is NS(=O)(=O)c1ccc(N/N=C\c2ccc(OC(F)F)cc2OC(F)F)c([N+](=O)[O-])c1. The van der Waals surface area contributed by atoms with Gasteiger partial charge in [-0.05, 0) is 24.3 Å². The standard InChI is InChI=1S/C15H12F4N4O6S/c16-14(17)28-9-2-1-8(13(5-9)29-15(18)19)7-21-22-11-4-3-10(30(20,26)27)6-12(11)23(24)25/h1-7,14-15,22H,(H2,20,26,27)/b21-7-. The van der Waals surface area contributed by atoms with Gasteiger partial charge in [-0.1, -0.05) is 0 Å². The fraction of sp³-hybridized carbons (Fsp3) is 0.133. The van der Waals surface area contributed by atoms with Crippen molar-refractivity contribution in [1.82, 2.24) is 0 Å². The molecule has 30 heavy (non-hydrogen) atoms. The van der Waals surface area contributed by atoms with E-state index >= 15 is 0 Å². The van der Waals surface area contributed by atoms with Crippen molar-refractivity contribution in [2.75, 3.05) is 5.43 Å². The zero-order valence-corrected chi connectivity index (χ0v) is 15.4. The lowest BCUT2D eigenvalue weighted by atomic mass is 10.2. The van der Waals surface area contributed by atoms with E-state index < -0.39 is 50.3 Å². The van der Waals surface area contributed by atoms with Crippen LogP contribution >= 0.6 is 0 Å². The predicted octanol–water partition coefficient (Wildman–Crippen LogP) is 2.89. The van der Waals surface area contributed by atoms with Gasteiger partial charge in [-0.2, -0.15) is 22.7 Å². The minimum Gasteiger partial charge on any atom is -0.435 e. The third-order valence-corrected chi connectivity index (χ3v) is 4.22. The van der Waals surface area contributed by atoms with Crippen molar-refractivity contribution in [2.24, 2.45) is 10.2 Å². The topological polar surface area (TPSA) is 146 Å². The molecule has 10 nitrogen and oxygen atoms in total. The van der Waals surface area contributed by atoms with Crippen LogP contribution in [-0.4, -0.2) is 32.8 Å². The van der Waals surface area contributed by atoms with E-state index in [0.717, 1.165) is 36.5 Å². The Morgan fingerprint density at radius 1 is 1.10 bits per heavy atom. The first-order valence-electron chi connectivity index (χ1n) is 7.61. The van der Waals surface area contributed by atoms with Gasteiger partial charge >= 0.3 is 13.2 Å². The summed E-state index contributed by atoms with van der Waals surface area (Å²) >= 11 is 0. The number of halogens is 4. The number of nitrogens with one attached hydrogen (secondary N) is 1. The van der Waals surface area contributed by atoms with Gasteiger partial charge in [-0.3, -0.25) is 15.5 Å². The van der Waals surface area contributed by atoms with Crippen molar-refractivity contribution in [3.8, 4) is 11.5 Å². The summed E-state index contributed by atoms with van der Waals surface area (Å²) in [7, 11) is -4.19. The fourth-order valence-electron chi connectivity index (χ4n) is 2.10. The normalized spacial score (nSPS) is 11.8. The second-order valence-electron chi connectivity index (χ2n) is 5.31. The highest BCUT2D eigenvalue weighted by Crippen LogP contribution is 2.28. The zero-order chi connectivity index (χ0) is 22.5. The Kier molecular flexibility index (Phi) is 7.12. The summed E-state index contributed by atoms with van der Waals surface area (Å²) in [5, 5.41) is 19.7. The van der Waals surface area contributed by atoms with Crippen LogP contribution in [0.4, 0.5) is 28.9 Å². The van der Waals surface area contributed by atoms with Gasteiger partial charge in [0.1, 0.15) is 17.2 Å². The molecule has 0 unspecified atom stereocenters. The highest BCUT2D eigenvalue weighted by molar-refractivity contribution is 7.89. The fourth-order valence-corrected chi connectivity index (χ4v) is 2.63. The molecule has 0 aromatic heterocycles.